The number of ether oxygens (including phenoxy) is 1. The topological polar surface area (TPSA) is 54.7 Å². The van der Waals surface area contributed by atoms with Crippen LogP contribution in [0.4, 0.5) is 4.39 Å². The van der Waals surface area contributed by atoms with Crippen LogP contribution in [0, 0.1) is 5.82 Å². The Balaban J connectivity index is 1.72. The van der Waals surface area contributed by atoms with Gasteiger partial charge in [-0.15, -0.1) is 0 Å². The normalized spacial score (nSPS) is 11.0. The Morgan fingerprint density at radius 1 is 1.03 bits per heavy atom. The standard InChI is InChI=1S/C25H29FN2O3/c1-3-4-14-27-25(29)24-13-12-23(31-24)18-28(17-20-6-5-7-21(26)15-20)16-19-8-10-22(30-2)11-9-19/h5-13,15H,3-4,14,16-18H2,1-2H3,(H,27,29). The molecule has 164 valence electrons. The minimum Gasteiger partial charge on any atom is -0.497 e. The van der Waals surface area contributed by atoms with Crippen molar-refractivity contribution in [1.82, 2.24) is 10.2 Å². The predicted octanol–water partition coefficient (Wildman–Crippen LogP) is 5.16. The van der Waals surface area contributed by atoms with Gasteiger partial charge >= 0.3 is 0 Å². The van der Waals surface area contributed by atoms with Crippen molar-refractivity contribution in [3.8, 4) is 5.75 Å². The first-order valence-electron chi connectivity index (χ1n) is 10.5. The lowest BCUT2D eigenvalue weighted by atomic mass is 10.1. The number of hydrogen-bond acceptors (Lipinski definition) is 4. The molecule has 1 N–H and O–H groups in total. The number of methoxy groups -OCH3 is 1. The zero-order valence-corrected chi connectivity index (χ0v) is 18.1. The van der Waals surface area contributed by atoms with Crippen molar-refractivity contribution in [2.75, 3.05) is 13.7 Å². The van der Waals surface area contributed by atoms with Gasteiger partial charge in [-0.3, -0.25) is 9.69 Å². The molecule has 2 aromatic carbocycles. The van der Waals surface area contributed by atoms with E-state index in [-0.39, 0.29) is 11.7 Å². The van der Waals surface area contributed by atoms with Gasteiger partial charge in [-0.05, 0) is 53.9 Å². The van der Waals surface area contributed by atoms with Gasteiger partial charge in [-0.2, -0.15) is 0 Å². The smallest absolute Gasteiger partial charge is 0.286 e. The third-order valence-corrected chi connectivity index (χ3v) is 4.94. The van der Waals surface area contributed by atoms with Crippen molar-refractivity contribution in [2.45, 2.75) is 39.4 Å². The van der Waals surface area contributed by atoms with Gasteiger partial charge in [-0.25, -0.2) is 4.39 Å². The minimum absolute atomic E-state index is 0.202. The van der Waals surface area contributed by atoms with E-state index in [1.807, 2.05) is 36.4 Å². The molecule has 0 unspecified atom stereocenters. The second-order valence-corrected chi connectivity index (χ2v) is 7.50. The molecule has 3 aromatic rings. The first-order chi connectivity index (χ1) is 15.1. The highest BCUT2D eigenvalue weighted by molar-refractivity contribution is 5.91. The monoisotopic (exact) mass is 424 g/mol. The Kier molecular flexibility index (Phi) is 8.24. The maximum absolute atomic E-state index is 13.7. The number of unbranched alkanes of at least 4 members (excludes halogenated alkanes) is 1. The third-order valence-electron chi connectivity index (χ3n) is 4.94. The fourth-order valence-corrected chi connectivity index (χ4v) is 3.32. The average molecular weight is 425 g/mol. The average Bonchev–Trinajstić information content (AvgIpc) is 3.23. The Morgan fingerprint density at radius 2 is 1.81 bits per heavy atom. The number of amides is 1. The van der Waals surface area contributed by atoms with Crippen LogP contribution < -0.4 is 10.1 Å². The van der Waals surface area contributed by atoms with Gasteiger partial charge in [0.05, 0.1) is 13.7 Å². The second kappa shape index (κ2) is 11.3. The Labute approximate surface area is 182 Å². The van der Waals surface area contributed by atoms with E-state index in [2.05, 4.69) is 17.1 Å². The molecule has 0 saturated heterocycles. The summed E-state index contributed by atoms with van der Waals surface area (Å²) in [6, 6.07) is 18.0. The van der Waals surface area contributed by atoms with E-state index < -0.39 is 0 Å². The molecule has 1 amide bonds. The van der Waals surface area contributed by atoms with Crippen LogP contribution in [0.3, 0.4) is 0 Å². The molecule has 0 atom stereocenters. The van der Waals surface area contributed by atoms with Crippen molar-refractivity contribution in [3.63, 3.8) is 0 Å². The third kappa shape index (κ3) is 6.96. The molecule has 6 heteroatoms. The zero-order chi connectivity index (χ0) is 22.1. The number of carbonyl (C=O) groups excluding carboxylic acids is 1. The van der Waals surface area contributed by atoms with Crippen LogP contribution in [-0.2, 0) is 19.6 Å². The van der Waals surface area contributed by atoms with E-state index in [1.54, 1.807) is 19.2 Å². The molecule has 3 rings (SSSR count). The summed E-state index contributed by atoms with van der Waals surface area (Å²) < 4.78 is 24.7. The van der Waals surface area contributed by atoms with E-state index in [1.165, 1.54) is 12.1 Å². The summed E-state index contributed by atoms with van der Waals surface area (Å²) in [5, 5.41) is 2.86. The van der Waals surface area contributed by atoms with Crippen molar-refractivity contribution in [2.24, 2.45) is 0 Å². The van der Waals surface area contributed by atoms with Gasteiger partial charge in [0.15, 0.2) is 5.76 Å². The number of furan rings is 1. The van der Waals surface area contributed by atoms with Crippen LogP contribution in [0.15, 0.2) is 65.1 Å². The zero-order valence-electron chi connectivity index (χ0n) is 18.1. The molecule has 31 heavy (non-hydrogen) atoms. The van der Waals surface area contributed by atoms with Crippen LogP contribution in [0.1, 0.15) is 47.2 Å². The molecule has 0 aliphatic heterocycles. The number of hydrogen-bond donors (Lipinski definition) is 1. The van der Waals surface area contributed by atoms with Crippen molar-refractivity contribution in [1.29, 1.82) is 0 Å². The number of halogens is 1. The minimum atomic E-state index is -0.258. The summed E-state index contributed by atoms with van der Waals surface area (Å²) in [7, 11) is 1.64. The highest BCUT2D eigenvalue weighted by atomic mass is 19.1. The summed E-state index contributed by atoms with van der Waals surface area (Å²) in [5.41, 5.74) is 1.97. The summed E-state index contributed by atoms with van der Waals surface area (Å²) in [4.78, 5) is 14.4. The first-order valence-corrected chi connectivity index (χ1v) is 10.5. The summed E-state index contributed by atoms with van der Waals surface area (Å²) in [6.45, 7) is 4.38. The van der Waals surface area contributed by atoms with Crippen molar-refractivity contribution < 1.29 is 18.3 Å². The Hall–Kier alpha value is -3.12. The van der Waals surface area contributed by atoms with E-state index in [0.29, 0.717) is 37.7 Å². The molecule has 0 spiro atoms. The Morgan fingerprint density at radius 3 is 2.52 bits per heavy atom. The molecule has 0 bridgehead atoms. The highest BCUT2D eigenvalue weighted by Gasteiger charge is 2.15. The SMILES string of the molecule is CCCCNC(=O)c1ccc(CN(Cc2ccc(OC)cc2)Cc2cccc(F)c2)o1. The predicted molar refractivity (Wildman–Crippen MR) is 118 cm³/mol. The number of rotatable bonds is 11. The largest absolute Gasteiger partial charge is 0.497 e. The maximum Gasteiger partial charge on any atom is 0.286 e. The summed E-state index contributed by atoms with van der Waals surface area (Å²) in [6.07, 6.45) is 1.95. The molecule has 0 aliphatic rings. The lowest BCUT2D eigenvalue weighted by Crippen LogP contribution is -2.24. The van der Waals surface area contributed by atoms with Crippen molar-refractivity contribution in [3.05, 3.63) is 89.1 Å². The van der Waals surface area contributed by atoms with Crippen LogP contribution in [0.2, 0.25) is 0 Å². The van der Waals surface area contributed by atoms with Crippen molar-refractivity contribution >= 4 is 5.91 Å². The van der Waals surface area contributed by atoms with Gasteiger partial charge in [0.25, 0.3) is 5.91 Å². The van der Waals surface area contributed by atoms with Gasteiger partial charge in [0.1, 0.15) is 17.3 Å². The quantitative estimate of drug-likeness (QED) is 0.432. The number of nitrogens with zero attached hydrogens (tertiary/aromatic N) is 1. The molecule has 1 heterocycles. The Bertz CT molecular complexity index is 969. The van der Waals surface area contributed by atoms with Crippen LogP contribution in [0.5, 0.6) is 5.75 Å². The molecule has 5 nitrogen and oxygen atoms in total. The highest BCUT2D eigenvalue weighted by Crippen LogP contribution is 2.19. The number of carbonyl (C=O) groups is 1. The van der Waals surface area contributed by atoms with Crippen LogP contribution in [0.25, 0.3) is 0 Å². The lowest BCUT2D eigenvalue weighted by molar-refractivity contribution is 0.0921. The molecule has 1 aromatic heterocycles. The fraction of sp³-hybridized carbons (Fsp3) is 0.320. The van der Waals surface area contributed by atoms with Gasteiger partial charge in [-0.1, -0.05) is 37.6 Å². The molecule has 0 saturated carbocycles. The van der Waals surface area contributed by atoms with E-state index in [9.17, 15) is 9.18 Å². The van der Waals surface area contributed by atoms with Gasteiger partial charge in [0, 0.05) is 19.6 Å². The van der Waals surface area contributed by atoms with E-state index >= 15 is 0 Å². The lowest BCUT2D eigenvalue weighted by Gasteiger charge is -2.22. The number of nitrogens with one attached hydrogen (secondary N) is 1. The molecular formula is C25H29FN2O3. The van der Waals surface area contributed by atoms with E-state index in [4.69, 9.17) is 9.15 Å². The molecule has 0 fully saturated rings. The second-order valence-electron chi connectivity index (χ2n) is 7.50. The van der Waals surface area contributed by atoms with Gasteiger partial charge in [0.2, 0.25) is 0 Å². The summed E-state index contributed by atoms with van der Waals surface area (Å²) >= 11 is 0. The van der Waals surface area contributed by atoms with E-state index in [0.717, 1.165) is 29.7 Å². The molecule has 0 radical (unpaired) electrons. The van der Waals surface area contributed by atoms with Gasteiger partial charge < -0.3 is 14.5 Å². The van der Waals surface area contributed by atoms with Crippen LogP contribution >= 0.6 is 0 Å². The molecule has 0 aliphatic carbocycles. The maximum atomic E-state index is 13.7. The summed E-state index contributed by atoms with van der Waals surface area (Å²) in [5.74, 6) is 1.33. The number of benzene rings is 2. The van der Waals surface area contributed by atoms with Crippen LogP contribution in [-0.4, -0.2) is 24.5 Å². The first kappa shape index (κ1) is 22.6. The fourth-order valence-electron chi connectivity index (χ4n) is 3.32. The molecular weight excluding hydrogens is 395 g/mol.